The number of aliphatic imine (C=N–C) groups is 1. The third-order valence-corrected chi connectivity index (χ3v) is 4.73. The highest BCUT2D eigenvalue weighted by Gasteiger charge is 2.17. The minimum atomic E-state index is -0.203. The monoisotopic (exact) mass is 399 g/mol. The quantitative estimate of drug-likeness (QED) is 0.554. The Bertz CT molecular complexity index is 813. The molecule has 3 rings (SSSR count). The Morgan fingerprint density at radius 1 is 1.28 bits per heavy atom. The van der Waals surface area contributed by atoms with Gasteiger partial charge in [-0.3, -0.25) is 0 Å². The SMILES string of the molecule is CCNC(=NCc1ccnc(N2CCOC(C)C2)c1)NCCc1cccc(F)c1. The first-order chi connectivity index (χ1) is 14.1. The lowest BCUT2D eigenvalue weighted by atomic mass is 10.1. The Morgan fingerprint density at radius 3 is 2.97 bits per heavy atom. The normalized spacial score (nSPS) is 17.3. The van der Waals surface area contributed by atoms with Gasteiger partial charge in [0.25, 0.3) is 0 Å². The van der Waals surface area contributed by atoms with Gasteiger partial charge in [-0.2, -0.15) is 0 Å². The van der Waals surface area contributed by atoms with Crippen LogP contribution in [-0.4, -0.2) is 49.8 Å². The van der Waals surface area contributed by atoms with Crippen LogP contribution >= 0.6 is 0 Å². The molecule has 1 aliphatic rings. The number of ether oxygens (including phenoxy) is 1. The molecule has 2 heterocycles. The largest absolute Gasteiger partial charge is 0.375 e. The van der Waals surface area contributed by atoms with Gasteiger partial charge in [-0.25, -0.2) is 14.4 Å². The van der Waals surface area contributed by atoms with E-state index < -0.39 is 0 Å². The van der Waals surface area contributed by atoms with Gasteiger partial charge in [-0.05, 0) is 55.7 Å². The number of hydrogen-bond donors (Lipinski definition) is 2. The first-order valence-electron chi connectivity index (χ1n) is 10.2. The fourth-order valence-corrected chi connectivity index (χ4v) is 3.29. The average molecular weight is 400 g/mol. The molecule has 1 fully saturated rings. The summed E-state index contributed by atoms with van der Waals surface area (Å²) in [6.45, 7) is 8.57. The fraction of sp³-hybridized carbons (Fsp3) is 0.455. The van der Waals surface area contributed by atoms with Gasteiger partial charge in [-0.1, -0.05) is 12.1 Å². The Labute approximate surface area is 172 Å². The number of nitrogens with zero attached hydrogens (tertiary/aromatic N) is 3. The molecular formula is C22H30FN5O. The smallest absolute Gasteiger partial charge is 0.191 e. The number of benzene rings is 1. The third-order valence-electron chi connectivity index (χ3n) is 4.73. The average Bonchev–Trinajstić information content (AvgIpc) is 2.72. The molecule has 0 amide bonds. The summed E-state index contributed by atoms with van der Waals surface area (Å²) in [5.41, 5.74) is 2.07. The van der Waals surface area contributed by atoms with Crippen molar-refractivity contribution in [3.05, 3.63) is 59.5 Å². The van der Waals surface area contributed by atoms with Crippen LogP contribution in [0.1, 0.15) is 25.0 Å². The van der Waals surface area contributed by atoms with Crippen LogP contribution in [0.25, 0.3) is 0 Å². The van der Waals surface area contributed by atoms with E-state index in [0.717, 1.165) is 55.6 Å². The first kappa shape index (κ1) is 21.0. The summed E-state index contributed by atoms with van der Waals surface area (Å²) in [5, 5.41) is 6.57. The van der Waals surface area contributed by atoms with Gasteiger partial charge in [-0.15, -0.1) is 0 Å². The number of guanidine groups is 1. The van der Waals surface area contributed by atoms with Crippen LogP contribution < -0.4 is 15.5 Å². The standard InChI is InChI=1S/C22H30FN5O/c1-3-24-22(26-10-7-18-5-4-6-20(23)13-18)27-15-19-8-9-25-21(14-19)28-11-12-29-17(2)16-28/h4-6,8-9,13-14,17H,3,7,10-12,15-16H2,1-2H3,(H2,24,26,27). The molecular weight excluding hydrogens is 369 g/mol. The van der Waals surface area contributed by atoms with Crippen LogP contribution in [0, 0.1) is 5.82 Å². The molecule has 2 aromatic rings. The molecule has 1 aliphatic heterocycles. The first-order valence-corrected chi connectivity index (χ1v) is 10.2. The number of halogens is 1. The molecule has 2 N–H and O–H groups in total. The predicted molar refractivity (Wildman–Crippen MR) is 115 cm³/mol. The summed E-state index contributed by atoms with van der Waals surface area (Å²) < 4.78 is 18.9. The van der Waals surface area contributed by atoms with E-state index in [-0.39, 0.29) is 11.9 Å². The van der Waals surface area contributed by atoms with Gasteiger partial charge in [0.2, 0.25) is 0 Å². The Hall–Kier alpha value is -2.67. The molecule has 1 aromatic carbocycles. The highest BCUT2D eigenvalue weighted by Crippen LogP contribution is 2.17. The molecule has 1 aromatic heterocycles. The van der Waals surface area contributed by atoms with E-state index in [2.05, 4.69) is 38.5 Å². The number of pyridine rings is 1. The molecule has 0 radical (unpaired) electrons. The third kappa shape index (κ3) is 6.71. The number of nitrogens with one attached hydrogen (secondary N) is 2. The zero-order valence-corrected chi connectivity index (χ0v) is 17.2. The zero-order valence-electron chi connectivity index (χ0n) is 17.2. The number of hydrogen-bond acceptors (Lipinski definition) is 4. The second kappa shape index (κ2) is 10.8. The number of rotatable bonds is 7. The predicted octanol–water partition coefficient (Wildman–Crippen LogP) is 2.74. The molecule has 29 heavy (non-hydrogen) atoms. The van der Waals surface area contributed by atoms with Crippen molar-refractivity contribution in [2.24, 2.45) is 4.99 Å². The van der Waals surface area contributed by atoms with E-state index in [0.29, 0.717) is 13.1 Å². The van der Waals surface area contributed by atoms with Crippen molar-refractivity contribution in [3.63, 3.8) is 0 Å². The number of anilines is 1. The minimum absolute atomic E-state index is 0.203. The van der Waals surface area contributed by atoms with Gasteiger partial charge >= 0.3 is 0 Å². The summed E-state index contributed by atoms with van der Waals surface area (Å²) in [6, 6.07) is 10.8. The lowest BCUT2D eigenvalue weighted by Crippen LogP contribution is -2.41. The molecule has 0 bridgehead atoms. The maximum Gasteiger partial charge on any atom is 0.191 e. The van der Waals surface area contributed by atoms with Crippen molar-refractivity contribution < 1.29 is 9.13 Å². The van der Waals surface area contributed by atoms with Crippen molar-refractivity contribution in [2.45, 2.75) is 32.9 Å². The topological polar surface area (TPSA) is 61.8 Å². The molecule has 6 nitrogen and oxygen atoms in total. The van der Waals surface area contributed by atoms with Crippen molar-refractivity contribution in [3.8, 4) is 0 Å². The molecule has 156 valence electrons. The van der Waals surface area contributed by atoms with E-state index >= 15 is 0 Å². The lowest BCUT2D eigenvalue weighted by molar-refractivity contribution is 0.0529. The van der Waals surface area contributed by atoms with Crippen LogP contribution in [0.15, 0.2) is 47.6 Å². The summed E-state index contributed by atoms with van der Waals surface area (Å²) in [4.78, 5) is 11.4. The molecule has 1 atom stereocenters. The number of morpholine rings is 1. The zero-order chi connectivity index (χ0) is 20.5. The molecule has 0 saturated carbocycles. The van der Waals surface area contributed by atoms with E-state index in [1.807, 2.05) is 25.3 Å². The Balaban J connectivity index is 1.57. The van der Waals surface area contributed by atoms with Crippen LogP contribution in [-0.2, 0) is 17.7 Å². The van der Waals surface area contributed by atoms with Crippen LogP contribution in [0.3, 0.4) is 0 Å². The lowest BCUT2D eigenvalue weighted by Gasteiger charge is -2.32. The van der Waals surface area contributed by atoms with E-state index in [1.165, 1.54) is 6.07 Å². The Morgan fingerprint density at radius 2 is 2.17 bits per heavy atom. The van der Waals surface area contributed by atoms with Crippen LogP contribution in [0.2, 0.25) is 0 Å². The van der Waals surface area contributed by atoms with Gasteiger partial charge < -0.3 is 20.3 Å². The second-order valence-electron chi connectivity index (χ2n) is 7.15. The summed E-state index contributed by atoms with van der Waals surface area (Å²) in [5.74, 6) is 1.52. The van der Waals surface area contributed by atoms with Crippen molar-refractivity contribution in [1.29, 1.82) is 0 Å². The maximum atomic E-state index is 13.3. The molecule has 1 saturated heterocycles. The second-order valence-corrected chi connectivity index (χ2v) is 7.15. The van der Waals surface area contributed by atoms with E-state index in [4.69, 9.17) is 4.74 Å². The summed E-state index contributed by atoms with van der Waals surface area (Å²) in [6.07, 6.45) is 2.79. The van der Waals surface area contributed by atoms with Crippen molar-refractivity contribution >= 4 is 11.8 Å². The van der Waals surface area contributed by atoms with Crippen LogP contribution in [0.5, 0.6) is 0 Å². The summed E-state index contributed by atoms with van der Waals surface area (Å²) in [7, 11) is 0. The van der Waals surface area contributed by atoms with Crippen molar-refractivity contribution in [2.75, 3.05) is 37.7 Å². The minimum Gasteiger partial charge on any atom is -0.375 e. The maximum absolute atomic E-state index is 13.3. The van der Waals surface area contributed by atoms with E-state index in [9.17, 15) is 4.39 Å². The van der Waals surface area contributed by atoms with Gasteiger partial charge in [0.05, 0.1) is 19.3 Å². The molecule has 7 heteroatoms. The summed E-state index contributed by atoms with van der Waals surface area (Å²) >= 11 is 0. The number of aromatic nitrogens is 1. The molecule has 0 spiro atoms. The Kier molecular flexibility index (Phi) is 7.81. The van der Waals surface area contributed by atoms with Gasteiger partial charge in [0.1, 0.15) is 11.6 Å². The van der Waals surface area contributed by atoms with Crippen LogP contribution in [0.4, 0.5) is 10.2 Å². The molecule has 1 unspecified atom stereocenters. The van der Waals surface area contributed by atoms with Crippen molar-refractivity contribution in [1.82, 2.24) is 15.6 Å². The van der Waals surface area contributed by atoms with Gasteiger partial charge in [0, 0.05) is 32.4 Å². The fourth-order valence-electron chi connectivity index (χ4n) is 3.29. The highest BCUT2D eigenvalue weighted by atomic mass is 19.1. The molecule has 0 aliphatic carbocycles. The van der Waals surface area contributed by atoms with Gasteiger partial charge in [0.15, 0.2) is 5.96 Å². The van der Waals surface area contributed by atoms with E-state index in [1.54, 1.807) is 12.1 Å². The highest BCUT2D eigenvalue weighted by molar-refractivity contribution is 5.79.